The molecule has 1 unspecified atom stereocenters. The summed E-state index contributed by atoms with van der Waals surface area (Å²) in [6, 6.07) is 10.9. The van der Waals surface area contributed by atoms with E-state index in [0.717, 1.165) is 19.3 Å². The second-order valence-electron chi connectivity index (χ2n) is 5.92. The normalized spacial score (nSPS) is 12.0. The molecule has 1 atom stereocenters. The van der Waals surface area contributed by atoms with Crippen LogP contribution in [0.4, 0.5) is 4.79 Å². The summed E-state index contributed by atoms with van der Waals surface area (Å²) in [6.45, 7) is 2.58. The van der Waals surface area contributed by atoms with Gasteiger partial charge in [-0.2, -0.15) is 0 Å². The Bertz CT molecular complexity index is 389. The fraction of sp³-hybridized carbons (Fsp3) is 0.632. The second kappa shape index (κ2) is 12.1. The molecule has 3 heteroatoms. The van der Waals surface area contributed by atoms with Crippen LogP contribution in [0.3, 0.4) is 0 Å². The molecule has 0 saturated carbocycles. The van der Waals surface area contributed by atoms with Gasteiger partial charge in [0.05, 0.1) is 6.61 Å². The smallest absolute Gasteiger partial charge is 0.450 e. The van der Waals surface area contributed by atoms with Crippen molar-refractivity contribution in [2.75, 3.05) is 6.61 Å². The van der Waals surface area contributed by atoms with E-state index in [2.05, 4.69) is 42.0 Å². The highest BCUT2D eigenvalue weighted by molar-refractivity contribution is 5.56. The fourth-order valence-corrected chi connectivity index (χ4v) is 2.84. The van der Waals surface area contributed by atoms with Crippen molar-refractivity contribution in [1.82, 2.24) is 0 Å². The van der Waals surface area contributed by atoms with Crippen molar-refractivity contribution in [2.24, 2.45) is 0 Å². The van der Waals surface area contributed by atoms with E-state index in [1.54, 1.807) is 0 Å². The number of hydrogen-bond donors (Lipinski definition) is 1. The third-order valence-electron chi connectivity index (χ3n) is 4.10. The Kier molecular flexibility index (Phi) is 10.2. The van der Waals surface area contributed by atoms with E-state index in [1.807, 2.05) is 0 Å². The minimum absolute atomic E-state index is 0.332. The van der Waals surface area contributed by atoms with Crippen molar-refractivity contribution >= 4 is 6.16 Å². The van der Waals surface area contributed by atoms with E-state index in [-0.39, 0.29) is 0 Å². The average molecular weight is 306 g/mol. The molecule has 1 aromatic rings. The van der Waals surface area contributed by atoms with Gasteiger partial charge in [0.1, 0.15) is 0 Å². The molecule has 0 heterocycles. The summed E-state index contributed by atoms with van der Waals surface area (Å²) >= 11 is 0. The molecule has 0 aliphatic rings. The van der Waals surface area contributed by atoms with Gasteiger partial charge in [0.25, 0.3) is 0 Å². The van der Waals surface area contributed by atoms with E-state index >= 15 is 0 Å². The van der Waals surface area contributed by atoms with E-state index in [4.69, 9.17) is 5.11 Å². The van der Waals surface area contributed by atoms with Crippen molar-refractivity contribution in [3.63, 3.8) is 0 Å². The minimum atomic E-state index is -1.17. The number of carboxylic acid groups (broad SMARTS) is 1. The number of rotatable bonds is 12. The first-order chi connectivity index (χ1) is 10.7. The summed E-state index contributed by atoms with van der Waals surface area (Å²) in [5, 5.41) is 8.37. The van der Waals surface area contributed by atoms with E-state index in [0.29, 0.717) is 12.5 Å². The van der Waals surface area contributed by atoms with E-state index in [9.17, 15) is 4.79 Å². The summed E-state index contributed by atoms with van der Waals surface area (Å²) in [4.78, 5) is 10.2. The highest BCUT2D eigenvalue weighted by Crippen LogP contribution is 2.27. The van der Waals surface area contributed by atoms with Crippen LogP contribution in [-0.2, 0) is 4.74 Å². The Morgan fingerprint density at radius 2 is 1.64 bits per heavy atom. The van der Waals surface area contributed by atoms with Gasteiger partial charge in [-0.1, -0.05) is 75.8 Å². The van der Waals surface area contributed by atoms with Crippen LogP contribution in [0.15, 0.2) is 30.3 Å². The van der Waals surface area contributed by atoms with Gasteiger partial charge >= 0.3 is 6.16 Å². The molecule has 124 valence electrons. The molecule has 0 spiro atoms. The molecule has 22 heavy (non-hydrogen) atoms. The molecule has 0 fully saturated rings. The zero-order chi connectivity index (χ0) is 16.0. The molecular formula is C19H30O3. The van der Waals surface area contributed by atoms with Crippen molar-refractivity contribution in [2.45, 2.75) is 70.6 Å². The first kappa shape index (κ1) is 18.5. The largest absolute Gasteiger partial charge is 0.505 e. The maximum Gasteiger partial charge on any atom is 0.505 e. The number of benzene rings is 1. The molecule has 1 aromatic carbocycles. The average Bonchev–Trinajstić information content (AvgIpc) is 2.53. The van der Waals surface area contributed by atoms with Crippen LogP contribution >= 0.6 is 0 Å². The van der Waals surface area contributed by atoms with Crippen LogP contribution < -0.4 is 0 Å². The molecule has 0 aliphatic carbocycles. The summed E-state index contributed by atoms with van der Waals surface area (Å²) in [6.07, 6.45) is 9.47. The van der Waals surface area contributed by atoms with Crippen molar-refractivity contribution < 1.29 is 14.6 Å². The molecule has 0 aliphatic heterocycles. The van der Waals surface area contributed by atoms with Crippen LogP contribution in [-0.4, -0.2) is 17.9 Å². The zero-order valence-electron chi connectivity index (χ0n) is 13.8. The highest BCUT2D eigenvalue weighted by Gasteiger charge is 2.10. The maximum absolute atomic E-state index is 10.2. The van der Waals surface area contributed by atoms with Gasteiger partial charge in [-0.05, 0) is 30.7 Å². The van der Waals surface area contributed by atoms with Crippen LogP contribution in [0, 0.1) is 0 Å². The SMILES string of the molecule is CCCCC(CCCCCCCOC(=O)O)c1ccccc1. The zero-order valence-corrected chi connectivity index (χ0v) is 13.8. The lowest BCUT2D eigenvalue weighted by Crippen LogP contribution is -2.01. The summed E-state index contributed by atoms with van der Waals surface area (Å²) in [5.41, 5.74) is 1.48. The molecule has 3 nitrogen and oxygen atoms in total. The molecule has 0 bridgehead atoms. The van der Waals surface area contributed by atoms with Crippen molar-refractivity contribution in [3.05, 3.63) is 35.9 Å². The van der Waals surface area contributed by atoms with Gasteiger partial charge in [0.15, 0.2) is 0 Å². The predicted octanol–water partition coefficient (Wildman–Crippen LogP) is 6.00. The van der Waals surface area contributed by atoms with Crippen molar-refractivity contribution in [1.29, 1.82) is 0 Å². The van der Waals surface area contributed by atoms with Gasteiger partial charge in [0, 0.05) is 0 Å². The third-order valence-corrected chi connectivity index (χ3v) is 4.10. The van der Waals surface area contributed by atoms with Crippen molar-refractivity contribution in [3.8, 4) is 0 Å². The molecule has 1 N–H and O–H groups in total. The van der Waals surface area contributed by atoms with Gasteiger partial charge in [-0.15, -0.1) is 0 Å². The Balaban J connectivity index is 2.17. The summed E-state index contributed by atoms with van der Waals surface area (Å²) in [5.74, 6) is 0.691. The quantitative estimate of drug-likeness (QED) is 0.381. The third kappa shape index (κ3) is 8.71. The molecule has 0 aromatic heterocycles. The predicted molar refractivity (Wildman–Crippen MR) is 90.4 cm³/mol. The van der Waals surface area contributed by atoms with Gasteiger partial charge < -0.3 is 9.84 Å². The van der Waals surface area contributed by atoms with Crippen LogP contribution in [0.25, 0.3) is 0 Å². The minimum Gasteiger partial charge on any atom is -0.450 e. The van der Waals surface area contributed by atoms with E-state index in [1.165, 1.54) is 44.1 Å². The number of hydrogen-bond acceptors (Lipinski definition) is 2. The lowest BCUT2D eigenvalue weighted by atomic mass is 9.88. The number of unbranched alkanes of at least 4 members (excludes halogenated alkanes) is 5. The van der Waals surface area contributed by atoms with Gasteiger partial charge in [-0.25, -0.2) is 4.79 Å². The Labute approximate surface area is 134 Å². The Hall–Kier alpha value is -1.51. The lowest BCUT2D eigenvalue weighted by Gasteiger charge is -2.17. The summed E-state index contributed by atoms with van der Waals surface area (Å²) in [7, 11) is 0. The number of carbonyl (C=O) groups is 1. The standard InChI is InChI=1S/C19H30O3/c1-2-3-12-17(18-14-9-7-10-15-18)13-8-5-4-6-11-16-22-19(20)21/h7,9-10,14-15,17H,2-6,8,11-13,16H2,1H3,(H,20,21). The van der Waals surface area contributed by atoms with Crippen LogP contribution in [0.5, 0.6) is 0 Å². The Morgan fingerprint density at radius 1 is 1.00 bits per heavy atom. The summed E-state index contributed by atoms with van der Waals surface area (Å²) < 4.78 is 4.51. The first-order valence-electron chi connectivity index (χ1n) is 8.64. The Morgan fingerprint density at radius 3 is 2.32 bits per heavy atom. The maximum atomic E-state index is 10.2. The van der Waals surface area contributed by atoms with Gasteiger partial charge in [0.2, 0.25) is 0 Å². The lowest BCUT2D eigenvalue weighted by molar-refractivity contribution is 0.0899. The molecule has 0 amide bonds. The highest BCUT2D eigenvalue weighted by atomic mass is 16.7. The number of ether oxygens (including phenoxy) is 1. The second-order valence-corrected chi connectivity index (χ2v) is 5.92. The molecule has 0 radical (unpaired) electrons. The molecule has 0 saturated heterocycles. The molecule has 1 rings (SSSR count). The monoisotopic (exact) mass is 306 g/mol. The topological polar surface area (TPSA) is 46.5 Å². The van der Waals surface area contributed by atoms with E-state index < -0.39 is 6.16 Å². The van der Waals surface area contributed by atoms with Gasteiger partial charge in [-0.3, -0.25) is 0 Å². The fourth-order valence-electron chi connectivity index (χ4n) is 2.84. The first-order valence-corrected chi connectivity index (χ1v) is 8.64. The molecular weight excluding hydrogens is 276 g/mol. The van der Waals surface area contributed by atoms with Crippen LogP contribution in [0.1, 0.15) is 76.2 Å². The van der Waals surface area contributed by atoms with Crippen LogP contribution in [0.2, 0.25) is 0 Å².